The number of carbonyl (C=O) groups excluding carboxylic acids is 1. The highest BCUT2D eigenvalue weighted by Gasteiger charge is 2.34. The minimum absolute atomic E-state index is 0.123. The maximum absolute atomic E-state index is 13.3. The van der Waals surface area contributed by atoms with Crippen LogP contribution in [-0.4, -0.2) is 32.0 Å². The number of ether oxygens (including phenoxy) is 2. The van der Waals surface area contributed by atoms with Gasteiger partial charge in [-0.1, -0.05) is 13.3 Å². The Kier molecular flexibility index (Phi) is 5.50. The lowest BCUT2D eigenvalue weighted by Gasteiger charge is -2.16. The lowest BCUT2D eigenvalue weighted by Crippen LogP contribution is -2.31. The Bertz CT molecular complexity index is 472. The van der Waals surface area contributed by atoms with Crippen molar-refractivity contribution in [2.45, 2.75) is 31.8 Å². The van der Waals surface area contributed by atoms with E-state index in [1.54, 1.807) is 0 Å². The minimum Gasteiger partial charge on any atom is -0.450 e. The zero-order valence-electron chi connectivity index (χ0n) is 11.9. The highest BCUT2D eigenvalue weighted by molar-refractivity contribution is 5.67. The molecule has 1 aromatic rings. The van der Waals surface area contributed by atoms with Crippen molar-refractivity contribution >= 4 is 6.09 Å². The first kappa shape index (κ1) is 15.7. The first-order chi connectivity index (χ1) is 10.1. The second-order valence-electron chi connectivity index (χ2n) is 5.05. The van der Waals surface area contributed by atoms with Gasteiger partial charge in [0, 0.05) is 18.5 Å². The molecule has 1 N–H and O–H groups in total. The van der Waals surface area contributed by atoms with Crippen LogP contribution in [0.1, 0.15) is 31.2 Å². The fourth-order valence-electron chi connectivity index (χ4n) is 2.09. The highest BCUT2D eigenvalue weighted by Crippen LogP contribution is 2.30. The van der Waals surface area contributed by atoms with Crippen molar-refractivity contribution in [2.24, 2.45) is 0 Å². The molecule has 0 spiro atoms. The van der Waals surface area contributed by atoms with Crippen molar-refractivity contribution < 1.29 is 23.0 Å². The molecule has 2 unspecified atom stereocenters. The molecule has 2 rings (SSSR count). The normalized spacial score (nSPS) is 18.1. The monoisotopic (exact) mass is 299 g/mol. The summed E-state index contributed by atoms with van der Waals surface area (Å²) in [5.41, 5.74) is 0.476. The van der Waals surface area contributed by atoms with Crippen molar-refractivity contribution in [3.63, 3.8) is 0 Å². The summed E-state index contributed by atoms with van der Waals surface area (Å²) in [6.45, 7) is 3.11. The molecule has 6 heteroatoms. The average molecular weight is 299 g/mol. The number of alkyl carbamates (subject to hydrolysis) is 1. The van der Waals surface area contributed by atoms with Crippen molar-refractivity contribution in [1.29, 1.82) is 0 Å². The second kappa shape index (κ2) is 7.36. The van der Waals surface area contributed by atoms with Gasteiger partial charge in [0.25, 0.3) is 0 Å². The molecule has 1 aromatic carbocycles. The molecule has 21 heavy (non-hydrogen) atoms. The van der Waals surface area contributed by atoms with E-state index in [1.807, 2.05) is 6.92 Å². The van der Waals surface area contributed by atoms with E-state index in [0.29, 0.717) is 18.8 Å². The largest absolute Gasteiger partial charge is 0.450 e. The molecule has 1 saturated heterocycles. The molecule has 0 saturated carbocycles. The number of halogens is 2. The number of rotatable bonds is 7. The first-order valence-electron chi connectivity index (χ1n) is 7.08. The molecule has 0 aromatic heterocycles. The fourth-order valence-corrected chi connectivity index (χ4v) is 2.09. The summed E-state index contributed by atoms with van der Waals surface area (Å²) >= 11 is 0. The number of hydrogen-bond donors (Lipinski definition) is 1. The summed E-state index contributed by atoms with van der Waals surface area (Å²) in [6.07, 6.45) is 1.10. The Morgan fingerprint density at radius 1 is 1.43 bits per heavy atom. The third-order valence-electron chi connectivity index (χ3n) is 3.32. The standard InChI is InChI=1S/C15H19F2NO3/c1-2-3-4-20-15(19)18-8-13(14-9-21-14)10-5-11(16)7-12(17)6-10/h5-7,13-14H,2-4,8-9H2,1H3,(H,18,19). The minimum atomic E-state index is -0.638. The Morgan fingerprint density at radius 2 is 2.10 bits per heavy atom. The van der Waals surface area contributed by atoms with E-state index in [1.165, 1.54) is 12.1 Å². The number of epoxide rings is 1. The average Bonchev–Trinajstić information content (AvgIpc) is 3.23. The second-order valence-corrected chi connectivity index (χ2v) is 5.05. The molecule has 116 valence electrons. The van der Waals surface area contributed by atoms with Gasteiger partial charge in [-0.25, -0.2) is 13.6 Å². The van der Waals surface area contributed by atoms with Crippen molar-refractivity contribution in [3.05, 3.63) is 35.4 Å². The van der Waals surface area contributed by atoms with Crippen LogP contribution in [0.3, 0.4) is 0 Å². The highest BCUT2D eigenvalue weighted by atomic mass is 19.1. The quantitative estimate of drug-likeness (QED) is 0.622. The van der Waals surface area contributed by atoms with E-state index >= 15 is 0 Å². The van der Waals surface area contributed by atoms with Gasteiger partial charge in [0.05, 0.1) is 19.3 Å². The van der Waals surface area contributed by atoms with E-state index in [0.717, 1.165) is 18.9 Å². The Balaban J connectivity index is 1.92. The first-order valence-corrected chi connectivity index (χ1v) is 7.08. The summed E-state index contributed by atoms with van der Waals surface area (Å²) in [5, 5.41) is 2.61. The van der Waals surface area contributed by atoms with Gasteiger partial charge in [0.15, 0.2) is 0 Å². The third-order valence-corrected chi connectivity index (χ3v) is 3.32. The van der Waals surface area contributed by atoms with Gasteiger partial charge in [-0.15, -0.1) is 0 Å². The summed E-state index contributed by atoms with van der Waals surface area (Å²) in [5.74, 6) is -1.56. The van der Waals surface area contributed by atoms with Gasteiger partial charge in [0.1, 0.15) is 11.6 Å². The molecular formula is C15H19F2NO3. The van der Waals surface area contributed by atoms with Crippen LogP contribution in [0.15, 0.2) is 18.2 Å². The summed E-state index contributed by atoms with van der Waals surface area (Å²) in [6, 6.07) is 3.35. The Morgan fingerprint density at radius 3 is 2.67 bits per heavy atom. The van der Waals surface area contributed by atoms with Crippen molar-refractivity contribution in [3.8, 4) is 0 Å². The zero-order chi connectivity index (χ0) is 15.2. The lowest BCUT2D eigenvalue weighted by molar-refractivity contribution is 0.143. The number of nitrogens with one attached hydrogen (secondary N) is 1. The number of carbonyl (C=O) groups is 1. The van der Waals surface area contributed by atoms with Crippen molar-refractivity contribution in [2.75, 3.05) is 19.8 Å². The van der Waals surface area contributed by atoms with E-state index in [4.69, 9.17) is 9.47 Å². The predicted octanol–water partition coefficient (Wildman–Crippen LogP) is 2.97. The van der Waals surface area contributed by atoms with Gasteiger partial charge >= 0.3 is 6.09 Å². The van der Waals surface area contributed by atoms with E-state index in [2.05, 4.69) is 5.32 Å². The number of unbranched alkanes of at least 4 members (excludes halogenated alkanes) is 1. The van der Waals surface area contributed by atoms with Crippen LogP contribution < -0.4 is 5.32 Å². The van der Waals surface area contributed by atoms with Crippen LogP contribution in [0.25, 0.3) is 0 Å². The van der Waals surface area contributed by atoms with Gasteiger partial charge < -0.3 is 14.8 Å². The van der Waals surface area contributed by atoms with Gasteiger partial charge in [0.2, 0.25) is 0 Å². The Labute approximate surface area is 122 Å². The topological polar surface area (TPSA) is 50.9 Å². The fraction of sp³-hybridized carbons (Fsp3) is 0.533. The van der Waals surface area contributed by atoms with Crippen LogP contribution in [0, 0.1) is 11.6 Å². The number of amides is 1. The number of benzene rings is 1. The molecule has 0 aliphatic carbocycles. The molecule has 1 aliphatic heterocycles. The van der Waals surface area contributed by atoms with Gasteiger partial charge in [-0.05, 0) is 24.1 Å². The van der Waals surface area contributed by atoms with E-state index in [9.17, 15) is 13.6 Å². The molecule has 1 fully saturated rings. The SMILES string of the molecule is CCCCOC(=O)NCC(c1cc(F)cc(F)c1)C1CO1. The van der Waals surface area contributed by atoms with E-state index < -0.39 is 17.7 Å². The summed E-state index contributed by atoms with van der Waals surface area (Å²) in [4.78, 5) is 11.5. The molecule has 0 bridgehead atoms. The van der Waals surface area contributed by atoms with Crippen LogP contribution in [0.2, 0.25) is 0 Å². The van der Waals surface area contributed by atoms with Crippen LogP contribution >= 0.6 is 0 Å². The number of hydrogen-bond acceptors (Lipinski definition) is 3. The maximum atomic E-state index is 13.3. The summed E-state index contributed by atoms with van der Waals surface area (Å²) < 4.78 is 36.7. The molecule has 0 radical (unpaired) electrons. The predicted molar refractivity (Wildman–Crippen MR) is 73.1 cm³/mol. The third kappa shape index (κ3) is 4.97. The zero-order valence-corrected chi connectivity index (χ0v) is 11.9. The van der Waals surface area contributed by atoms with E-state index in [-0.39, 0.29) is 18.6 Å². The molecule has 4 nitrogen and oxygen atoms in total. The Hall–Kier alpha value is -1.69. The van der Waals surface area contributed by atoms with Crippen LogP contribution in [0.4, 0.5) is 13.6 Å². The molecular weight excluding hydrogens is 280 g/mol. The molecule has 1 heterocycles. The molecule has 1 aliphatic rings. The maximum Gasteiger partial charge on any atom is 0.407 e. The van der Waals surface area contributed by atoms with Gasteiger partial charge in [-0.2, -0.15) is 0 Å². The summed E-state index contributed by atoms with van der Waals surface area (Å²) in [7, 11) is 0. The lowest BCUT2D eigenvalue weighted by atomic mass is 9.95. The molecule has 2 atom stereocenters. The van der Waals surface area contributed by atoms with Gasteiger partial charge in [-0.3, -0.25) is 0 Å². The molecule has 1 amide bonds. The smallest absolute Gasteiger partial charge is 0.407 e. The van der Waals surface area contributed by atoms with Crippen LogP contribution in [-0.2, 0) is 9.47 Å². The van der Waals surface area contributed by atoms with Crippen molar-refractivity contribution in [1.82, 2.24) is 5.32 Å². The van der Waals surface area contributed by atoms with Crippen LogP contribution in [0.5, 0.6) is 0 Å².